The molecule has 1 amide bonds. The molecular formula is C18H24N2O2. The van der Waals surface area contributed by atoms with E-state index in [-0.39, 0.29) is 11.9 Å². The molecule has 0 saturated carbocycles. The molecular weight excluding hydrogens is 276 g/mol. The van der Waals surface area contributed by atoms with Crippen LogP contribution in [0.1, 0.15) is 40.2 Å². The zero-order valence-electron chi connectivity index (χ0n) is 13.7. The molecule has 1 heterocycles. The van der Waals surface area contributed by atoms with Crippen molar-refractivity contribution in [2.45, 2.75) is 26.3 Å². The van der Waals surface area contributed by atoms with Crippen LogP contribution in [0.25, 0.3) is 0 Å². The zero-order chi connectivity index (χ0) is 16.1. The number of likely N-dealkylation sites (N-methyl/N-ethyl adjacent to an activating group) is 1. The van der Waals surface area contributed by atoms with E-state index in [0.29, 0.717) is 17.9 Å². The van der Waals surface area contributed by atoms with Gasteiger partial charge in [-0.05, 0) is 44.6 Å². The number of carbonyl (C=O) groups excluding carboxylic acids is 1. The maximum absolute atomic E-state index is 12.2. The molecule has 2 rings (SSSR count). The molecule has 4 heteroatoms. The Balaban J connectivity index is 2.05. The van der Waals surface area contributed by atoms with Crippen molar-refractivity contribution in [3.8, 4) is 0 Å². The van der Waals surface area contributed by atoms with Crippen LogP contribution in [-0.4, -0.2) is 31.4 Å². The Morgan fingerprint density at radius 1 is 1.23 bits per heavy atom. The molecule has 0 aliphatic rings. The van der Waals surface area contributed by atoms with Gasteiger partial charge in [0.2, 0.25) is 0 Å². The standard InChI is InChI=1S/C18H24N2O2/c1-5-14-6-8-15(9-7-14)17(20(3)4)12-19-18(21)16-10-11-22-13(16)2/h6-11,17H,5,12H2,1-4H3,(H,19,21). The molecule has 1 unspecified atom stereocenters. The first kappa shape index (κ1) is 16.3. The molecule has 4 nitrogen and oxygen atoms in total. The van der Waals surface area contributed by atoms with Gasteiger partial charge >= 0.3 is 0 Å². The van der Waals surface area contributed by atoms with Crippen LogP contribution < -0.4 is 5.32 Å². The molecule has 2 aromatic rings. The highest BCUT2D eigenvalue weighted by Crippen LogP contribution is 2.19. The number of carbonyl (C=O) groups is 1. The van der Waals surface area contributed by atoms with E-state index >= 15 is 0 Å². The van der Waals surface area contributed by atoms with Crippen molar-refractivity contribution < 1.29 is 9.21 Å². The van der Waals surface area contributed by atoms with Crippen molar-refractivity contribution in [3.63, 3.8) is 0 Å². The highest BCUT2D eigenvalue weighted by atomic mass is 16.3. The lowest BCUT2D eigenvalue weighted by Crippen LogP contribution is -2.34. The summed E-state index contributed by atoms with van der Waals surface area (Å²) in [6.07, 6.45) is 2.57. The van der Waals surface area contributed by atoms with Crippen molar-refractivity contribution in [2.24, 2.45) is 0 Å². The molecule has 1 aromatic heterocycles. The second kappa shape index (κ2) is 7.27. The third-order valence-corrected chi connectivity index (χ3v) is 3.96. The van der Waals surface area contributed by atoms with E-state index in [9.17, 15) is 4.79 Å². The Morgan fingerprint density at radius 3 is 2.41 bits per heavy atom. The van der Waals surface area contributed by atoms with Crippen molar-refractivity contribution in [2.75, 3.05) is 20.6 Å². The van der Waals surface area contributed by atoms with Gasteiger partial charge in [-0.1, -0.05) is 31.2 Å². The lowest BCUT2D eigenvalue weighted by Gasteiger charge is -2.25. The predicted octanol–water partition coefficient (Wildman–Crippen LogP) is 3.18. The fourth-order valence-electron chi connectivity index (χ4n) is 2.48. The van der Waals surface area contributed by atoms with Gasteiger partial charge in [-0.15, -0.1) is 0 Å². The molecule has 0 bridgehead atoms. The predicted molar refractivity (Wildman–Crippen MR) is 88.0 cm³/mol. The van der Waals surface area contributed by atoms with Crippen LogP contribution in [0.4, 0.5) is 0 Å². The first-order valence-electron chi connectivity index (χ1n) is 7.60. The first-order chi connectivity index (χ1) is 10.5. The number of aryl methyl sites for hydroxylation is 2. The van der Waals surface area contributed by atoms with Gasteiger partial charge < -0.3 is 14.6 Å². The quantitative estimate of drug-likeness (QED) is 0.891. The van der Waals surface area contributed by atoms with Gasteiger partial charge in [0, 0.05) is 6.54 Å². The monoisotopic (exact) mass is 300 g/mol. The molecule has 0 aliphatic carbocycles. The highest BCUT2D eigenvalue weighted by Gasteiger charge is 2.17. The second-order valence-corrected chi connectivity index (χ2v) is 5.68. The largest absolute Gasteiger partial charge is 0.469 e. The van der Waals surface area contributed by atoms with Gasteiger partial charge in [-0.2, -0.15) is 0 Å². The van der Waals surface area contributed by atoms with E-state index in [1.165, 1.54) is 17.4 Å². The fourth-order valence-corrected chi connectivity index (χ4v) is 2.48. The van der Waals surface area contributed by atoms with Crippen LogP contribution in [0.3, 0.4) is 0 Å². The molecule has 22 heavy (non-hydrogen) atoms. The lowest BCUT2D eigenvalue weighted by atomic mass is 10.0. The van der Waals surface area contributed by atoms with E-state index in [2.05, 4.69) is 41.4 Å². The molecule has 118 valence electrons. The van der Waals surface area contributed by atoms with Crippen LogP contribution in [-0.2, 0) is 6.42 Å². The van der Waals surface area contributed by atoms with Crippen molar-refractivity contribution in [1.82, 2.24) is 10.2 Å². The molecule has 0 fully saturated rings. The van der Waals surface area contributed by atoms with Crippen LogP contribution in [0, 0.1) is 6.92 Å². The summed E-state index contributed by atoms with van der Waals surface area (Å²) < 4.78 is 5.18. The van der Waals surface area contributed by atoms with E-state index in [1.807, 2.05) is 14.1 Å². The zero-order valence-corrected chi connectivity index (χ0v) is 13.7. The van der Waals surface area contributed by atoms with Crippen LogP contribution in [0.5, 0.6) is 0 Å². The minimum Gasteiger partial charge on any atom is -0.469 e. The fraction of sp³-hybridized carbons (Fsp3) is 0.389. The molecule has 0 aliphatic heterocycles. The van der Waals surface area contributed by atoms with Gasteiger partial charge in [0.25, 0.3) is 5.91 Å². The Bertz CT molecular complexity index is 614. The van der Waals surface area contributed by atoms with Crippen molar-refractivity contribution in [3.05, 3.63) is 59.0 Å². The summed E-state index contributed by atoms with van der Waals surface area (Å²) in [4.78, 5) is 14.3. The summed E-state index contributed by atoms with van der Waals surface area (Å²) in [7, 11) is 4.04. The third kappa shape index (κ3) is 3.77. The smallest absolute Gasteiger partial charge is 0.254 e. The van der Waals surface area contributed by atoms with E-state index in [1.54, 1.807) is 13.0 Å². The number of rotatable bonds is 6. The molecule has 1 N–H and O–H groups in total. The van der Waals surface area contributed by atoms with Gasteiger partial charge in [0.1, 0.15) is 5.76 Å². The van der Waals surface area contributed by atoms with E-state index in [4.69, 9.17) is 4.42 Å². The average Bonchev–Trinajstić information content (AvgIpc) is 2.94. The average molecular weight is 300 g/mol. The summed E-state index contributed by atoms with van der Waals surface area (Å²) in [5, 5.41) is 2.99. The van der Waals surface area contributed by atoms with Crippen LogP contribution >= 0.6 is 0 Å². The summed E-state index contributed by atoms with van der Waals surface area (Å²) >= 11 is 0. The summed E-state index contributed by atoms with van der Waals surface area (Å²) in [5.41, 5.74) is 3.12. The summed E-state index contributed by atoms with van der Waals surface area (Å²) in [5.74, 6) is 0.550. The molecule has 1 atom stereocenters. The number of amides is 1. The SMILES string of the molecule is CCc1ccc(C(CNC(=O)c2ccoc2C)N(C)C)cc1. The van der Waals surface area contributed by atoms with Crippen molar-refractivity contribution >= 4 is 5.91 Å². The number of nitrogens with zero attached hydrogens (tertiary/aromatic N) is 1. The minimum atomic E-state index is -0.0942. The maximum atomic E-state index is 12.2. The first-order valence-corrected chi connectivity index (χ1v) is 7.60. The van der Waals surface area contributed by atoms with Gasteiger partial charge in [0.15, 0.2) is 0 Å². The summed E-state index contributed by atoms with van der Waals surface area (Å²) in [6, 6.07) is 10.4. The highest BCUT2D eigenvalue weighted by molar-refractivity contribution is 5.95. The number of hydrogen-bond donors (Lipinski definition) is 1. The molecule has 0 saturated heterocycles. The maximum Gasteiger partial charge on any atom is 0.254 e. The lowest BCUT2D eigenvalue weighted by molar-refractivity contribution is 0.0940. The molecule has 0 spiro atoms. The Kier molecular flexibility index (Phi) is 5.39. The van der Waals surface area contributed by atoms with E-state index < -0.39 is 0 Å². The number of furan rings is 1. The minimum absolute atomic E-state index is 0.0942. The Labute approximate surface area is 132 Å². The van der Waals surface area contributed by atoms with Crippen molar-refractivity contribution in [1.29, 1.82) is 0 Å². The second-order valence-electron chi connectivity index (χ2n) is 5.68. The van der Waals surface area contributed by atoms with E-state index in [0.717, 1.165) is 6.42 Å². The van der Waals surface area contributed by atoms with Gasteiger partial charge in [0.05, 0.1) is 17.9 Å². The normalized spacial score (nSPS) is 12.4. The Hall–Kier alpha value is -2.07. The summed E-state index contributed by atoms with van der Waals surface area (Å²) in [6.45, 7) is 4.50. The van der Waals surface area contributed by atoms with Crippen LogP contribution in [0.2, 0.25) is 0 Å². The third-order valence-electron chi connectivity index (χ3n) is 3.96. The topological polar surface area (TPSA) is 45.5 Å². The van der Waals surface area contributed by atoms with Gasteiger partial charge in [-0.3, -0.25) is 4.79 Å². The Morgan fingerprint density at radius 2 is 1.91 bits per heavy atom. The molecule has 0 radical (unpaired) electrons. The number of nitrogens with one attached hydrogen (secondary N) is 1. The van der Waals surface area contributed by atoms with Crippen LogP contribution in [0.15, 0.2) is 41.0 Å². The number of benzene rings is 1. The van der Waals surface area contributed by atoms with Gasteiger partial charge in [-0.25, -0.2) is 0 Å². The number of hydrogen-bond acceptors (Lipinski definition) is 3. The molecule has 1 aromatic carbocycles.